The lowest BCUT2D eigenvalue weighted by Crippen LogP contribution is -2.43. The van der Waals surface area contributed by atoms with Crippen LogP contribution in [0.2, 0.25) is 5.02 Å². The van der Waals surface area contributed by atoms with Gasteiger partial charge in [-0.25, -0.2) is 0 Å². The topological polar surface area (TPSA) is 97.3 Å². The predicted octanol–water partition coefficient (Wildman–Crippen LogP) is 7.79. The summed E-state index contributed by atoms with van der Waals surface area (Å²) < 4.78 is 32.6. The lowest BCUT2D eigenvalue weighted by atomic mass is 10.0. The molecule has 0 radical (unpaired) electrons. The number of unbranched alkanes of at least 4 members (excludes halogenated alkanes) is 3. The maximum atomic E-state index is 13.6. The Morgan fingerprint density at radius 3 is 2.34 bits per heavy atom. The van der Waals surface area contributed by atoms with Crippen molar-refractivity contribution in [3.8, 4) is 5.75 Å². The maximum absolute atomic E-state index is 13.6. The summed E-state index contributed by atoms with van der Waals surface area (Å²) in [7, 11) is -3.75. The van der Waals surface area contributed by atoms with Gasteiger partial charge in [-0.1, -0.05) is 126 Å². The van der Waals surface area contributed by atoms with Crippen LogP contribution in [0.5, 0.6) is 5.75 Å². The number of alkyl halides is 3. The van der Waals surface area contributed by atoms with Gasteiger partial charge in [0, 0.05) is 18.2 Å². The Labute approximate surface area is 295 Å². The monoisotopic (exact) mass is 735 g/mol. The number of carbonyl (C=O) groups is 1. The number of fused-ring (bicyclic) bond motifs is 1. The third-order valence-corrected chi connectivity index (χ3v) is 9.28. The molecule has 1 atom stereocenters. The van der Waals surface area contributed by atoms with E-state index in [2.05, 4.69) is 5.32 Å². The second-order valence-electron chi connectivity index (χ2n) is 11.1. The summed E-state index contributed by atoms with van der Waals surface area (Å²) in [5.41, 5.74) is 4.78. The first kappa shape index (κ1) is 35.3. The summed E-state index contributed by atoms with van der Waals surface area (Å²) in [6.45, 7) is -0.110. The second kappa shape index (κ2) is 15.9. The number of halogens is 4. The summed E-state index contributed by atoms with van der Waals surface area (Å²) in [4.78, 5) is 20.3. The van der Waals surface area contributed by atoms with E-state index in [0.717, 1.165) is 34.5 Å². The molecule has 0 aromatic heterocycles. The van der Waals surface area contributed by atoms with Crippen molar-refractivity contribution in [3.05, 3.63) is 112 Å². The molecule has 0 aliphatic carbocycles. The van der Waals surface area contributed by atoms with Crippen molar-refractivity contribution in [1.29, 1.82) is 0 Å². The minimum absolute atomic E-state index is 0.154. The quantitative estimate of drug-likeness (QED) is 0.0786. The number of ether oxygens (including phenoxy) is 1. The fourth-order valence-electron chi connectivity index (χ4n) is 5.10. The van der Waals surface area contributed by atoms with Gasteiger partial charge in [-0.05, 0) is 42.2 Å². The maximum Gasteiger partial charge on any atom is 0.276 e. The zero-order chi connectivity index (χ0) is 33.4. The van der Waals surface area contributed by atoms with E-state index >= 15 is 0 Å². The fraction of sp³-hybridized carbons (Fsp3) is 0.294. The van der Waals surface area contributed by atoms with Gasteiger partial charge in [0.15, 0.2) is 0 Å². The number of nitrogens with zero attached hydrogens (tertiary/aromatic N) is 2. The Hall–Kier alpha value is -3.05. The number of rotatable bonds is 14. The molecule has 5 rings (SSSR count). The molecular weight excluding hydrogens is 704 g/mol. The van der Waals surface area contributed by atoms with Crippen LogP contribution in [0.3, 0.4) is 0 Å². The average molecular weight is 738 g/mol. The number of hydrogen-bond acceptors (Lipinski definition) is 7. The van der Waals surface area contributed by atoms with Crippen LogP contribution in [0, 0.1) is 0 Å². The van der Waals surface area contributed by atoms with Gasteiger partial charge in [-0.2, -0.15) is 8.42 Å². The summed E-state index contributed by atoms with van der Waals surface area (Å²) in [5, 5.41) is 3.79. The number of amides is 1. The Balaban J connectivity index is 1.17. The second-order valence-corrected chi connectivity index (χ2v) is 15.7. The van der Waals surface area contributed by atoms with Crippen molar-refractivity contribution in [2.24, 2.45) is 4.99 Å². The van der Waals surface area contributed by atoms with E-state index in [1.807, 2.05) is 66.7 Å². The smallest absolute Gasteiger partial charge is 0.276 e. The summed E-state index contributed by atoms with van der Waals surface area (Å²) in [6.07, 6.45) is 6.30. The molecular formula is C34H33Cl4N3O5S. The van der Waals surface area contributed by atoms with E-state index in [0.29, 0.717) is 48.8 Å². The van der Waals surface area contributed by atoms with Gasteiger partial charge in [-0.3, -0.25) is 18.9 Å². The Kier molecular flexibility index (Phi) is 11.9. The molecule has 0 spiro atoms. The third kappa shape index (κ3) is 10.2. The average Bonchev–Trinajstić information content (AvgIpc) is 3.36. The molecule has 13 heteroatoms. The predicted molar refractivity (Wildman–Crippen MR) is 189 cm³/mol. The highest BCUT2D eigenvalue weighted by atomic mass is 35.6. The van der Waals surface area contributed by atoms with Gasteiger partial charge in [-0.15, -0.1) is 0 Å². The third-order valence-electron chi connectivity index (χ3n) is 7.39. The van der Waals surface area contributed by atoms with Crippen LogP contribution in [0.1, 0.15) is 42.4 Å². The van der Waals surface area contributed by atoms with Crippen molar-refractivity contribution in [2.45, 2.75) is 42.1 Å². The number of aliphatic imine (C=N–C) groups is 1. The van der Waals surface area contributed by atoms with Crippen molar-refractivity contribution >= 4 is 79.9 Å². The zero-order valence-corrected chi connectivity index (χ0v) is 29.1. The van der Waals surface area contributed by atoms with Crippen LogP contribution in [-0.2, 0) is 25.5 Å². The first-order chi connectivity index (χ1) is 22.5. The van der Waals surface area contributed by atoms with Crippen LogP contribution in [0.4, 0.5) is 0 Å². The van der Waals surface area contributed by atoms with E-state index in [4.69, 9.17) is 60.3 Å². The number of benzene rings is 3. The molecule has 1 N–H and O–H groups in total. The van der Waals surface area contributed by atoms with Crippen LogP contribution in [0.15, 0.2) is 95.8 Å². The van der Waals surface area contributed by atoms with Gasteiger partial charge in [0.25, 0.3) is 16.0 Å². The molecule has 3 aromatic carbocycles. The number of nitrogens with one attached hydrogen (secondary N) is 1. The Bertz CT molecular complexity index is 1760. The van der Waals surface area contributed by atoms with Gasteiger partial charge >= 0.3 is 0 Å². The van der Waals surface area contributed by atoms with E-state index in [-0.39, 0.29) is 11.7 Å². The summed E-state index contributed by atoms with van der Waals surface area (Å²) in [6, 6.07) is 25.2. The lowest BCUT2D eigenvalue weighted by Gasteiger charge is -2.27. The van der Waals surface area contributed by atoms with Crippen LogP contribution in [-0.4, -0.2) is 53.9 Å². The van der Waals surface area contributed by atoms with Crippen LogP contribution in [0.25, 0.3) is 11.8 Å². The van der Waals surface area contributed by atoms with Crippen molar-refractivity contribution in [2.75, 3.05) is 19.0 Å². The summed E-state index contributed by atoms with van der Waals surface area (Å²) in [5.74, 6) is 0.205. The van der Waals surface area contributed by atoms with E-state index in [1.54, 1.807) is 29.3 Å². The van der Waals surface area contributed by atoms with Crippen LogP contribution >= 0.6 is 46.4 Å². The molecule has 1 saturated heterocycles. The van der Waals surface area contributed by atoms with E-state index in [9.17, 15) is 13.2 Å². The zero-order valence-electron chi connectivity index (χ0n) is 25.3. The molecule has 0 saturated carbocycles. The van der Waals surface area contributed by atoms with Crippen molar-refractivity contribution in [3.63, 3.8) is 0 Å². The largest absolute Gasteiger partial charge is 0.492 e. The fourth-order valence-corrected chi connectivity index (χ4v) is 6.74. The molecule has 1 fully saturated rings. The normalized spacial score (nSPS) is 17.3. The van der Waals surface area contributed by atoms with Crippen molar-refractivity contribution < 1.29 is 22.1 Å². The molecule has 1 unspecified atom stereocenters. The minimum Gasteiger partial charge on any atom is -0.492 e. The summed E-state index contributed by atoms with van der Waals surface area (Å²) >= 11 is 23.2. The molecule has 47 heavy (non-hydrogen) atoms. The highest BCUT2D eigenvalue weighted by Gasteiger charge is 2.39. The number of carbonyl (C=O) groups excluding carboxylic acids is 1. The molecule has 0 bridgehead atoms. The molecule has 2 aliphatic heterocycles. The Morgan fingerprint density at radius 2 is 1.64 bits per heavy atom. The molecule has 2 heterocycles. The molecule has 8 nitrogen and oxygen atoms in total. The minimum atomic E-state index is -3.75. The van der Waals surface area contributed by atoms with E-state index < -0.39 is 26.7 Å². The highest BCUT2D eigenvalue weighted by Crippen LogP contribution is 2.31. The van der Waals surface area contributed by atoms with Gasteiger partial charge in [0.1, 0.15) is 24.2 Å². The Morgan fingerprint density at radius 1 is 0.936 bits per heavy atom. The highest BCUT2D eigenvalue weighted by molar-refractivity contribution is 7.86. The number of hydrogen-bond donors (Lipinski definition) is 1. The van der Waals surface area contributed by atoms with Gasteiger partial charge in [0.05, 0.1) is 28.8 Å². The lowest BCUT2D eigenvalue weighted by molar-refractivity contribution is -0.123. The van der Waals surface area contributed by atoms with Gasteiger partial charge < -0.3 is 10.1 Å². The molecule has 248 valence electrons. The molecule has 3 aromatic rings. The molecule has 1 amide bonds. The first-order valence-electron chi connectivity index (χ1n) is 15.0. The standard InChI is InChI=1S/C34H33Cl4N3O5S/c35-27-19-25(15-16-31(27)45-17-9-1-2-10-18-47(43,44)46-23-34(36,37)38)21-29-33(42)41-22-30(26-13-7-4-8-14-26)39-28(32(41)40-29)20-24-11-5-3-6-12-24/h3-8,11-16,19,21-22,32,40H,1-2,9-10,17-18,20,23H2/b29-21-. The van der Waals surface area contributed by atoms with Crippen molar-refractivity contribution in [1.82, 2.24) is 10.2 Å². The SMILES string of the molecule is O=C1/C(=C/c2ccc(OCCCCCCS(=O)(=O)OCC(Cl)(Cl)Cl)c(Cl)c2)NC2C(Cc3ccccc3)=NC(c3ccccc3)=CN12. The van der Waals surface area contributed by atoms with Crippen LogP contribution < -0.4 is 10.1 Å². The van der Waals surface area contributed by atoms with E-state index in [1.165, 1.54) is 0 Å². The van der Waals surface area contributed by atoms with Gasteiger partial charge in [0.2, 0.25) is 3.79 Å². The first-order valence-corrected chi connectivity index (χ1v) is 18.1. The molecule has 2 aliphatic rings.